The fourth-order valence-electron chi connectivity index (χ4n) is 2.81. The molecule has 0 amide bonds. The topological polar surface area (TPSA) is 130 Å². The highest BCUT2D eigenvalue weighted by molar-refractivity contribution is 5.78. The van der Waals surface area contributed by atoms with Crippen LogP contribution in [0.2, 0.25) is 0 Å². The van der Waals surface area contributed by atoms with Crippen LogP contribution in [0.3, 0.4) is 0 Å². The number of nitriles is 1. The Hall–Kier alpha value is -4.21. The van der Waals surface area contributed by atoms with E-state index in [1.807, 2.05) is 6.07 Å². The molecule has 4 aromatic rings. The van der Waals surface area contributed by atoms with Gasteiger partial charge in [0.05, 0.1) is 12.2 Å². The summed E-state index contributed by atoms with van der Waals surface area (Å²) in [5.41, 5.74) is 0.727. The Morgan fingerprint density at radius 3 is 2.90 bits per heavy atom. The van der Waals surface area contributed by atoms with Crippen LogP contribution in [0, 0.1) is 17.3 Å². The minimum atomic E-state index is -3.01. The van der Waals surface area contributed by atoms with Crippen molar-refractivity contribution in [1.29, 1.82) is 5.26 Å². The molecule has 0 saturated heterocycles. The lowest BCUT2D eigenvalue weighted by Gasteiger charge is -2.13. The SMILES string of the molecule is C[C@@H](c1cccnc1F)n1nc(C#N)c2ncc(Nc3cc(OC(F)F)n[nH]3)nc21. The highest BCUT2D eigenvalue weighted by atomic mass is 19.3. The van der Waals surface area contributed by atoms with Gasteiger partial charge in [-0.3, -0.25) is 5.10 Å². The summed E-state index contributed by atoms with van der Waals surface area (Å²) >= 11 is 0. The number of aromatic amines is 1. The van der Waals surface area contributed by atoms with E-state index >= 15 is 0 Å². The van der Waals surface area contributed by atoms with Crippen LogP contribution in [-0.4, -0.2) is 41.5 Å². The van der Waals surface area contributed by atoms with Gasteiger partial charge < -0.3 is 10.1 Å². The van der Waals surface area contributed by atoms with E-state index in [4.69, 9.17) is 0 Å². The zero-order valence-electron chi connectivity index (χ0n) is 15.2. The van der Waals surface area contributed by atoms with Crippen LogP contribution in [0.4, 0.5) is 24.8 Å². The van der Waals surface area contributed by atoms with E-state index in [0.717, 1.165) is 0 Å². The molecule has 152 valence electrons. The number of nitrogens with zero attached hydrogens (tertiary/aromatic N) is 7. The number of halogens is 3. The maximum absolute atomic E-state index is 14.1. The minimum Gasteiger partial charge on any atom is -0.415 e. The van der Waals surface area contributed by atoms with Gasteiger partial charge in [-0.15, -0.1) is 5.10 Å². The molecular weight excluding hydrogens is 403 g/mol. The lowest BCUT2D eigenvalue weighted by Crippen LogP contribution is -2.12. The van der Waals surface area contributed by atoms with Crippen LogP contribution in [0.5, 0.6) is 5.88 Å². The van der Waals surface area contributed by atoms with Crippen molar-refractivity contribution in [1.82, 2.24) is 34.9 Å². The Bertz CT molecular complexity index is 1250. The molecule has 0 spiro atoms. The largest absolute Gasteiger partial charge is 0.415 e. The predicted molar refractivity (Wildman–Crippen MR) is 96.5 cm³/mol. The van der Waals surface area contributed by atoms with Crippen molar-refractivity contribution in [2.75, 3.05) is 5.32 Å². The molecule has 30 heavy (non-hydrogen) atoms. The number of hydrogen-bond donors (Lipinski definition) is 2. The second-order valence-corrected chi connectivity index (χ2v) is 6.02. The minimum absolute atomic E-state index is 0.0226. The molecule has 0 bridgehead atoms. The van der Waals surface area contributed by atoms with Crippen LogP contribution in [0.25, 0.3) is 11.2 Å². The quantitative estimate of drug-likeness (QED) is 0.460. The zero-order valence-corrected chi connectivity index (χ0v) is 15.2. The first kappa shape index (κ1) is 19.1. The van der Waals surface area contributed by atoms with E-state index in [1.54, 1.807) is 19.1 Å². The van der Waals surface area contributed by atoms with Gasteiger partial charge in [-0.25, -0.2) is 19.6 Å². The van der Waals surface area contributed by atoms with Crippen molar-refractivity contribution in [3.63, 3.8) is 0 Å². The van der Waals surface area contributed by atoms with Gasteiger partial charge in [0, 0.05) is 17.8 Å². The Balaban J connectivity index is 1.71. The first-order valence-electron chi connectivity index (χ1n) is 8.49. The summed E-state index contributed by atoms with van der Waals surface area (Å²) in [5, 5.41) is 22.4. The van der Waals surface area contributed by atoms with Crippen molar-refractivity contribution in [3.05, 3.63) is 47.8 Å². The van der Waals surface area contributed by atoms with Crippen LogP contribution in [0.15, 0.2) is 30.6 Å². The fourth-order valence-corrected chi connectivity index (χ4v) is 2.81. The normalized spacial score (nSPS) is 12.1. The Morgan fingerprint density at radius 2 is 2.17 bits per heavy atom. The van der Waals surface area contributed by atoms with Crippen LogP contribution < -0.4 is 10.1 Å². The molecule has 0 aliphatic rings. The molecule has 0 fully saturated rings. The Kier molecular flexibility index (Phi) is 4.88. The lowest BCUT2D eigenvalue weighted by atomic mass is 10.1. The third kappa shape index (κ3) is 3.58. The number of aromatic nitrogens is 7. The summed E-state index contributed by atoms with van der Waals surface area (Å²) in [4.78, 5) is 12.2. The smallest absolute Gasteiger partial charge is 0.388 e. The van der Waals surface area contributed by atoms with Gasteiger partial charge in [0.25, 0.3) is 0 Å². The zero-order chi connectivity index (χ0) is 21.3. The molecule has 4 aromatic heterocycles. The molecule has 4 heterocycles. The molecule has 1 atom stereocenters. The number of fused-ring (bicyclic) bond motifs is 1. The molecule has 0 aliphatic heterocycles. The summed E-state index contributed by atoms with van der Waals surface area (Å²) in [6, 6.07) is 5.65. The van der Waals surface area contributed by atoms with E-state index < -0.39 is 18.6 Å². The van der Waals surface area contributed by atoms with Gasteiger partial charge >= 0.3 is 6.61 Å². The summed E-state index contributed by atoms with van der Waals surface area (Å²) in [5.74, 6) is -0.547. The van der Waals surface area contributed by atoms with Gasteiger partial charge in [-0.05, 0) is 13.0 Å². The first-order chi connectivity index (χ1) is 14.5. The molecule has 10 nitrogen and oxygen atoms in total. The maximum atomic E-state index is 14.1. The third-order valence-corrected chi connectivity index (χ3v) is 4.14. The number of hydrogen-bond acceptors (Lipinski definition) is 8. The van der Waals surface area contributed by atoms with E-state index in [-0.39, 0.29) is 39.9 Å². The molecule has 0 unspecified atom stereocenters. The number of alkyl halides is 2. The number of anilines is 2. The molecule has 4 rings (SSSR count). The molecular formula is C17H12F3N9O. The maximum Gasteiger partial charge on any atom is 0.388 e. The van der Waals surface area contributed by atoms with Crippen molar-refractivity contribution >= 4 is 22.8 Å². The van der Waals surface area contributed by atoms with Crippen LogP contribution in [0.1, 0.15) is 24.2 Å². The first-order valence-corrected chi connectivity index (χ1v) is 8.49. The Labute approximate surface area is 166 Å². The predicted octanol–water partition coefficient (Wildman–Crippen LogP) is 2.91. The summed E-state index contributed by atoms with van der Waals surface area (Å²) in [6.45, 7) is -1.33. The molecule has 2 N–H and O–H groups in total. The van der Waals surface area contributed by atoms with Crippen LogP contribution in [-0.2, 0) is 0 Å². The van der Waals surface area contributed by atoms with Gasteiger partial charge in [0.2, 0.25) is 11.8 Å². The van der Waals surface area contributed by atoms with Crippen molar-refractivity contribution in [3.8, 4) is 11.9 Å². The highest BCUT2D eigenvalue weighted by Crippen LogP contribution is 2.26. The highest BCUT2D eigenvalue weighted by Gasteiger charge is 2.21. The van der Waals surface area contributed by atoms with Gasteiger partial charge in [-0.1, -0.05) is 6.07 Å². The number of nitrogens with one attached hydrogen (secondary N) is 2. The van der Waals surface area contributed by atoms with Crippen molar-refractivity contribution < 1.29 is 17.9 Å². The van der Waals surface area contributed by atoms with Gasteiger partial charge in [-0.2, -0.15) is 23.5 Å². The number of ether oxygens (including phenoxy) is 1. The second-order valence-electron chi connectivity index (χ2n) is 6.02. The van der Waals surface area contributed by atoms with E-state index in [0.29, 0.717) is 0 Å². The average molecular weight is 415 g/mol. The van der Waals surface area contributed by atoms with Gasteiger partial charge in [0.15, 0.2) is 17.2 Å². The molecule has 0 radical (unpaired) electrons. The van der Waals surface area contributed by atoms with E-state index in [2.05, 4.69) is 40.3 Å². The third-order valence-electron chi connectivity index (χ3n) is 4.14. The number of rotatable bonds is 6. The lowest BCUT2D eigenvalue weighted by molar-refractivity contribution is -0.0528. The summed E-state index contributed by atoms with van der Waals surface area (Å²) in [7, 11) is 0. The molecule has 0 aromatic carbocycles. The van der Waals surface area contributed by atoms with Crippen molar-refractivity contribution in [2.45, 2.75) is 19.6 Å². The number of H-pyrrole nitrogens is 1. The van der Waals surface area contributed by atoms with E-state index in [9.17, 15) is 18.4 Å². The Morgan fingerprint density at radius 1 is 1.33 bits per heavy atom. The standard InChI is InChI=1S/C17H12F3N9O/c1-8(9-3-2-4-22-15(9)18)29-16-14(10(6-21)28-29)23-7-12(25-16)24-11-5-13(27-26-11)30-17(19)20/h2-5,7-8,17H,1H3,(H2,24,25,26,27)/t8-/m0/s1. The van der Waals surface area contributed by atoms with Crippen LogP contribution >= 0.6 is 0 Å². The summed E-state index contributed by atoms with van der Waals surface area (Å²) < 4.78 is 44.2. The average Bonchev–Trinajstić information content (AvgIpc) is 3.31. The molecule has 0 aliphatic carbocycles. The monoisotopic (exact) mass is 415 g/mol. The summed E-state index contributed by atoms with van der Waals surface area (Å²) in [6.07, 6.45) is 2.66. The van der Waals surface area contributed by atoms with Crippen molar-refractivity contribution in [2.24, 2.45) is 0 Å². The van der Waals surface area contributed by atoms with Gasteiger partial charge in [0.1, 0.15) is 17.4 Å². The molecule has 0 saturated carbocycles. The number of pyridine rings is 1. The van der Waals surface area contributed by atoms with E-state index in [1.165, 1.54) is 23.1 Å². The second kappa shape index (κ2) is 7.66. The molecule has 13 heteroatoms. The fraction of sp³-hybridized carbons (Fsp3) is 0.176.